The number of anilines is 1. The van der Waals surface area contributed by atoms with E-state index in [2.05, 4.69) is 15.3 Å². The normalized spacial score (nSPS) is 16.9. The Morgan fingerprint density at radius 1 is 1.00 bits per heavy atom. The third-order valence-electron chi connectivity index (χ3n) is 5.90. The summed E-state index contributed by atoms with van der Waals surface area (Å²) in [6, 6.07) is 3.99. The third kappa shape index (κ3) is 4.89. The van der Waals surface area contributed by atoms with Gasteiger partial charge in [-0.2, -0.15) is 0 Å². The smallest absolute Gasteiger partial charge is 0.180 e. The summed E-state index contributed by atoms with van der Waals surface area (Å²) >= 11 is 0. The van der Waals surface area contributed by atoms with Crippen molar-refractivity contribution in [2.45, 2.75) is 64.2 Å². The van der Waals surface area contributed by atoms with E-state index in [1.807, 2.05) is 41.3 Å². The summed E-state index contributed by atoms with van der Waals surface area (Å²) < 4.78 is 2.04. The molecule has 1 aliphatic rings. The van der Waals surface area contributed by atoms with Gasteiger partial charge >= 0.3 is 0 Å². The molecule has 1 aliphatic carbocycles. The number of hydrogen-bond donors (Lipinski definition) is 1. The Kier molecular flexibility index (Phi) is 6.53. The Balaban J connectivity index is 1.43. The zero-order valence-corrected chi connectivity index (χ0v) is 16.7. The van der Waals surface area contributed by atoms with Gasteiger partial charge in [-0.3, -0.25) is 4.98 Å². The van der Waals surface area contributed by atoms with Crippen molar-refractivity contribution in [3.05, 3.63) is 43.1 Å². The van der Waals surface area contributed by atoms with E-state index in [1.54, 1.807) is 6.20 Å². The second kappa shape index (κ2) is 9.67. The van der Waals surface area contributed by atoms with Gasteiger partial charge in [0.2, 0.25) is 0 Å². The van der Waals surface area contributed by atoms with Crippen LogP contribution in [0, 0.1) is 5.92 Å². The van der Waals surface area contributed by atoms with Crippen molar-refractivity contribution in [2.75, 3.05) is 11.9 Å². The van der Waals surface area contributed by atoms with E-state index in [0.29, 0.717) is 0 Å². The summed E-state index contributed by atoms with van der Waals surface area (Å²) in [5.41, 5.74) is 2.83. The molecule has 148 valence electrons. The van der Waals surface area contributed by atoms with Crippen LogP contribution in [0.5, 0.6) is 0 Å². The Labute approximate surface area is 167 Å². The number of fused-ring (bicyclic) bond motifs is 1. The monoisotopic (exact) mass is 377 g/mol. The Morgan fingerprint density at radius 2 is 1.79 bits per heavy atom. The molecule has 0 saturated heterocycles. The summed E-state index contributed by atoms with van der Waals surface area (Å²) in [5.74, 6) is 1.70. The van der Waals surface area contributed by atoms with E-state index >= 15 is 0 Å². The Bertz CT molecular complexity index is 848. The van der Waals surface area contributed by atoms with Crippen LogP contribution in [0.25, 0.3) is 16.9 Å². The quantitative estimate of drug-likeness (QED) is 0.616. The molecule has 0 aliphatic heterocycles. The molecule has 0 unspecified atom stereocenters. The molecule has 3 heterocycles. The SMILES string of the molecule is c1cncc(-c2cn3ccnc3c(NCCC3CCCCCCCCC3)n2)c1. The molecule has 5 heteroatoms. The van der Waals surface area contributed by atoms with Crippen LogP contribution in [0.15, 0.2) is 43.1 Å². The maximum atomic E-state index is 4.85. The lowest BCUT2D eigenvalue weighted by Gasteiger charge is -2.19. The van der Waals surface area contributed by atoms with Gasteiger partial charge in [0, 0.05) is 43.1 Å². The lowest BCUT2D eigenvalue weighted by Crippen LogP contribution is -2.12. The van der Waals surface area contributed by atoms with Crippen LogP contribution in [0.3, 0.4) is 0 Å². The highest BCUT2D eigenvalue weighted by Crippen LogP contribution is 2.25. The minimum Gasteiger partial charge on any atom is -0.367 e. The Morgan fingerprint density at radius 3 is 2.54 bits per heavy atom. The molecule has 0 amide bonds. The van der Waals surface area contributed by atoms with Crippen molar-refractivity contribution in [1.82, 2.24) is 19.4 Å². The molecule has 1 N–H and O–H groups in total. The molecule has 1 fully saturated rings. The number of imidazole rings is 1. The number of pyridine rings is 1. The van der Waals surface area contributed by atoms with E-state index < -0.39 is 0 Å². The maximum absolute atomic E-state index is 4.85. The number of hydrogen-bond acceptors (Lipinski definition) is 4. The molecule has 0 bridgehead atoms. The van der Waals surface area contributed by atoms with Crippen molar-refractivity contribution in [1.29, 1.82) is 0 Å². The van der Waals surface area contributed by atoms with Crippen LogP contribution in [0.4, 0.5) is 5.82 Å². The van der Waals surface area contributed by atoms with Gasteiger partial charge in [-0.1, -0.05) is 57.8 Å². The fourth-order valence-electron chi connectivity index (χ4n) is 4.28. The standard InChI is InChI=1S/C23H31N5/c1-2-4-6-9-19(10-7-5-3-1)12-14-25-22-23-26-15-16-28(23)18-21(27-22)20-11-8-13-24-17-20/h8,11,13,15-19H,1-7,9-10,12,14H2,(H,25,27). The lowest BCUT2D eigenvalue weighted by atomic mass is 9.90. The molecule has 28 heavy (non-hydrogen) atoms. The molecular formula is C23H31N5. The maximum Gasteiger partial charge on any atom is 0.180 e. The second-order valence-electron chi connectivity index (χ2n) is 8.01. The van der Waals surface area contributed by atoms with Crippen LogP contribution in [-0.4, -0.2) is 25.9 Å². The summed E-state index contributed by atoms with van der Waals surface area (Å²) in [4.78, 5) is 13.6. The summed E-state index contributed by atoms with van der Waals surface area (Å²) in [6.07, 6.45) is 23.3. The topological polar surface area (TPSA) is 55.1 Å². The molecule has 0 atom stereocenters. The number of aromatic nitrogens is 4. The van der Waals surface area contributed by atoms with Gasteiger partial charge in [0.1, 0.15) is 0 Å². The first kappa shape index (κ1) is 18.9. The first-order valence-electron chi connectivity index (χ1n) is 10.9. The van der Waals surface area contributed by atoms with Gasteiger partial charge < -0.3 is 9.72 Å². The number of rotatable bonds is 5. The van der Waals surface area contributed by atoms with Crippen molar-refractivity contribution in [3.63, 3.8) is 0 Å². The fourth-order valence-corrected chi connectivity index (χ4v) is 4.28. The lowest BCUT2D eigenvalue weighted by molar-refractivity contribution is 0.375. The summed E-state index contributed by atoms with van der Waals surface area (Å²) in [5, 5.41) is 3.58. The van der Waals surface area contributed by atoms with Gasteiger partial charge in [-0.05, 0) is 24.5 Å². The van der Waals surface area contributed by atoms with E-state index in [-0.39, 0.29) is 0 Å². The minimum atomic E-state index is 0.836. The van der Waals surface area contributed by atoms with E-state index in [4.69, 9.17) is 4.98 Å². The highest BCUT2D eigenvalue weighted by molar-refractivity contribution is 5.68. The van der Waals surface area contributed by atoms with Gasteiger partial charge in [0.05, 0.1) is 5.69 Å². The molecule has 0 spiro atoms. The molecule has 5 nitrogen and oxygen atoms in total. The molecule has 0 radical (unpaired) electrons. The minimum absolute atomic E-state index is 0.836. The number of nitrogens with zero attached hydrogens (tertiary/aromatic N) is 4. The molecule has 0 aromatic carbocycles. The largest absolute Gasteiger partial charge is 0.367 e. The van der Waals surface area contributed by atoms with Crippen LogP contribution in [0.2, 0.25) is 0 Å². The zero-order valence-electron chi connectivity index (χ0n) is 16.7. The summed E-state index contributed by atoms with van der Waals surface area (Å²) in [7, 11) is 0. The molecule has 1 saturated carbocycles. The predicted octanol–water partition coefficient (Wildman–Crippen LogP) is 5.73. The van der Waals surface area contributed by atoms with E-state index in [9.17, 15) is 0 Å². The van der Waals surface area contributed by atoms with Crippen molar-refractivity contribution in [2.24, 2.45) is 5.92 Å². The average molecular weight is 378 g/mol. The van der Waals surface area contributed by atoms with E-state index in [1.165, 1.54) is 64.2 Å². The molecule has 3 aromatic rings. The van der Waals surface area contributed by atoms with Crippen molar-refractivity contribution < 1.29 is 0 Å². The first-order valence-corrected chi connectivity index (χ1v) is 10.9. The van der Waals surface area contributed by atoms with Crippen molar-refractivity contribution >= 4 is 11.5 Å². The second-order valence-corrected chi connectivity index (χ2v) is 8.01. The van der Waals surface area contributed by atoms with Crippen molar-refractivity contribution in [3.8, 4) is 11.3 Å². The van der Waals surface area contributed by atoms with Crippen LogP contribution < -0.4 is 5.32 Å². The van der Waals surface area contributed by atoms with Crippen LogP contribution in [0.1, 0.15) is 64.2 Å². The van der Waals surface area contributed by atoms with Crippen LogP contribution in [-0.2, 0) is 0 Å². The number of nitrogens with one attached hydrogen (secondary N) is 1. The van der Waals surface area contributed by atoms with Gasteiger partial charge in [0.25, 0.3) is 0 Å². The Hall–Kier alpha value is -2.43. The van der Waals surface area contributed by atoms with Crippen LogP contribution >= 0.6 is 0 Å². The summed E-state index contributed by atoms with van der Waals surface area (Å²) in [6.45, 7) is 0.955. The van der Waals surface area contributed by atoms with Gasteiger partial charge in [0.15, 0.2) is 11.5 Å². The fraction of sp³-hybridized carbons (Fsp3) is 0.522. The molecule has 3 aromatic heterocycles. The zero-order chi connectivity index (χ0) is 19.0. The highest BCUT2D eigenvalue weighted by Gasteiger charge is 2.12. The highest BCUT2D eigenvalue weighted by atomic mass is 15.1. The average Bonchev–Trinajstić information content (AvgIpc) is 3.22. The first-order chi connectivity index (χ1) is 13.9. The van der Waals surface area contributed by atoms with E-state index in [0.717, 1.165) is 35.2 Å². The van der Waals surface area contributed by atoms with Gasteiger partial charge in [-0.25, -0.2) is 9.97 Å². The molecule has 4 rings (SSSR count). The van der Waals surface area contributed by atoms with Gasteiger partial charge in [-0.15, -0.1) is 0 Å². The molecular weight excluding hydrogens is 346 g/mol. The third-order valence-corrected chi connectivity index (χ3v) is 5.90. The predicted molar refractivity (Wildman–Crippen MR) is 114 cm³/mol.